The average molecular weight is 296 g/mol. The van der Waals surface area contributed by atoms with Gasteiger partial charge in [-0.05, 0) is 38.7 Å². The first kappa shape index (κ1) is 17.1. The third-order valence-electron chi connectivity index (χ3n) is 3.50. The summed E-state index contributed by atoms with van der Waals surface area (Å²) in [5.41, 5.74) is 1.25. The summed E-state index contributed by atoms with van der Waals surface area (Å²) in [5, 5.41) is 3.36. The first-order chi connectivity index (χ1) is 9.65. The van der Waals surface area contributed by atoms with Gasteiger partial charge in [0.05, 0.1) is 0 Å². The lowest BCUT2D eigenvalue weighted by Gasteiger charge is -2.28. The van der Waals surface area contributed by atoms with Crippen LogP contribution in [0.3, 0.4) is 0 Å². The summed E-state index contributed by atoms with van der Waals surface area (Å²) in [6.45, 7) is 7.45. The molecule has 1 aromatic heterocycles. The number of nitrogens with zero attached hydrogens (tertiary/aromatic N) is 3. The van der Waals surface area contributed by atoms with Gasteiger partial charge in [-0.3, -0.25) is 0 Å². The minimum Gasteiger partial charge on any atom is -0.370 e. The van der Waals surface area contributed by atoms with Crippen molar-refractivity contribution in [2.45, 2.75) is 46.1 Å². The van der Waals surface area contributed by atoms with Gasteiger partial charge in [0.15, 0.2) is 0 Å². The van der Waals surface area contributed by atoms with Crippen molar-refractivity contribution in [1.29, 1.82) is 0 Å². The van der Waals surface area contributed by atoms with Crippen LogP contribution in [-0.2, 0) is 6.42 Å². The van der Waals surface area contributed by atoms with Gasteiger partial charge in [0, 0.05) is 25.2 Å². The Morgan fingerprint density at radius 1 is 1.35 bits per heavy atom. The average Bonchev–Trinajstić information content (AvgIpc) is 2.46. The molecular weight excluding hydrogens is 268 g/mol. The van der Waals surface area contributed by atoms with E-state index in [0.717, 1.165) is 31.0 Å². The van der Waals surface area contributed by atoms with Gasteiger partial charge in [-0.1, -0.05) is 13.3 Å². The van der Waals surface area contributed by atoms with Crippen LogP contribution < -0.4 is 10.2 Å². The highest BCUT2D eigenvalue weighted by Crippen LogP contribution is 2.26. The minimum atomic E-state index is 0.488. The van der Waals surface area contributed by atoms with E-state index in [9.17, 15) is 0 Å². The molecule has 0 radical (unpaired) electrons. The lowest BCUT2D eigenvalue weighted by molar-refractivity contribution is 0.656. The van der Waals surface area contributed by atoms with Crippen LogP contribution in [0.2, 0.25) is 0 Å². The second kappa shape index (κ2) is 9.06. The maximum atomic E-state index is 4.54. The van der Waals surface area contributed by atoms with E-state index in [1.165, 1.54) is 17.7 Å². The number of nitrogens with one attached hydrogen (secondary N) is 1. The van der Waals surface area contributed by atoms with Crippen LogP contribution in [0.5, 0.6) is 0 Å². The topological polar surface area (TPSA) is 41.1 Å². The van der Waals surface area contributed by atoms with Crippen LogP contribution >= 0.6 is 11.8 Å². The molecule has 1 unspecified atom stereocenters. The molecule has 0 bridgehead atoms. The van der Waals surface area contributed by atoms with E-state index in [4.69, 9.17) is 0 Å². The zero-order chi connectivity index (χ0) is 15.0. The van der Waals surface area contributed by atoms with Gasteiger partial charge in [-0.2, -0.15) is 11.8 Å². The van der Waals surface area contributed by atoms with Crippen molar-refractivity contribution < 1.29 is 0 Å². The van der Waals surface area contributed by atoms with Crippen molar-refractivity contribution >= 4 is 23.4 Å². The predicted molar refractivity (Wildman–Crippen MR) is 91.1 cm³/mol. The second-order valence-electron chi connectivity index (χ2n) is 5.05. The van der Waals surface area contributed by atoms with Gasteiger partial charge < -0.3 is 10.2 Å². The van der Waals surface area contributed by atoms with Crippen molar-refractivity contribution in [3.05, 3.63) is 11.9 Å². The van der Waals surface area contributed by atoms with Gasteiger partial charge >= 0.3 is 0 Å². The summed E-state index contributed by atoms with van der Waals surface area (Å²) in [6.07, 6.45) is 7.11. The highest BCUT2D eigenvalue weighted by Gasteiger charge is 2.17. The number of aromatic nitrogens is 2. The molecule has 20 heavy (non-hydrogen) atoms. The lowest BCUT2D eigenvalue weighted by Crippen LogP contribution is -2.31. The van der Waals surface area contributed by atoms with Gasteiger partial charge in [0.2, 0.25) is 0 Å². The molecule has 0 aliphatic rings. The molecule has 0 aliphatic heterocycles. The molecule has 1 heterocycles. The van der Waals surface area contributed by atoms with Crippen LogP contribution in [-0.4, -0.2) is 41.6 Å². The molecule has 0 spiro atoms. The van der Waals surface area contributed by atoms with Crippen LogP contribution in [0.15, 0.2) is 6.33 Å². The zero-order valence-electron chi connectivity index (χ0n) is 13.4. The molecule has 0 amide bonds. The normalized spacial score (nSPS) is 12.2. The van der Waals surface area contributed by atoms with E-state index in [0.29, 0.717) is 6.04 Å². The van der Waals surface area contributed by atoms with Gasteiger partial charge in [-0.15, -0.1) is 0 Å². The van der Waals surface area contributed by atoms with E-state index in [1.807, 2.05) is 11.8 Å². The molecule has 5 heteroatoms. The predicted octanol–water partition coefficient (Wildman–Crippen LogP) is 3.44. The summed E-state index contributed by atoms with van der Waals surface area (Å²) in [5.74, 6) is 3.24. The summed E-state index contributed by atoms with van der Waals surface area (Å²) in [6, 6.07) is 0.488. The number of hydrogen-bond donors (Lipinski definition) is 1. The Kier molecular flexibility index (Phi) is 7.73. The summed E-state index contributed by atoms with van der Waals surface area (Å²) in [4.78, 5) is 11.2. The Labute approximate surface area is 127 Å². The zero-order valence-corrected chi connectivity index (χ0v) is 14.3. The van der Waals surface area contributed by atoms with Crippen LogP contribution in [0, 0.1) is 0 Å². The fraction of sp³-hybridized carbons (Fsp3) is 0.733. The standard InChI is InChI=1S/C15H28N4S/c1-6-8-13-14(16-7-2)17-11-18-15(13)19(4)12(3)9-10-20-5/h11-12H,6-10H2,1-5H3,(H,16,17,18). The molecule has 1 atom stereocenters. The molecular formula is C15H28N4S. The largest absolute Gasteiger partial charge is 0.370 e. The van der Waals surface area contributed by atoms with Gasteiger partial charge in [-0.25, -0.2) is 9.97 Å². The molecule has 1 aromatic rings. The third-order valence-corrected chi connectivity index (χ3v) is 4.15. The van der Waals surface area contributed by atoms with Crippen molar-refractivity contribution in [1.82, 2.24) is 9.97 Å². The second-order valence-corrected chi connectivity index (χ2v) is 6.03. The Morgan fingerprint density at radius 3 is 2.70 bits per heavy atom. The van der Waals surface area contributed by atoms with Gasteiger partial charge in [0.1, 0.15) is 18.0 Å². The van der Waals surface area contributed by atoms with Crippen LogP contribution in [0.4, 0.5) is 11.6 Å². The SMILES string of the molecule is CCCc1c(NCC)ncnc1N(C)C(C)CCSC. The molecule has 0 saturated carbocycles. The summed E-state index contributed by atoms with van der Waals surface area (Å²) < 4.78 is 0. The highest BCUT2D eigenvalue weighted by molar-refractivity contribution is 7.98. The quantitative estimate of drug-likeness (QED) is 0.756. The molecule has 0 saturated heterocycles. The van der Waals surface area contributed by atoms with Crippen LogP contribution in [0.1, 0.15) is 39.2 Å². The van der Waals surface area contributed by atoms with E-state index in [-0.39, 0.29) is 0 Å². The highest BCUT2D eigenvalue weighted by atomic mass is 32.2. The van der Waals surface area contributed by atoms with E-state index < -0.39 is 0 Å². The van der Waals surface area contributed by atoms with Crippen molar-refractivity contribution in [3.8, 4) is 0 Å². The van der Waals surface area contributed by atoms with Crippen molar-refractivity contribution in [3.63, 3.8) is 0 Å². The third kappa shape index (κ3) is 4.54. The smallest absolute Gasteiger partial charge is 0.137 e. The molecule has 0 aliphatic carbocycles. The van der Waals surface area contributed by atoms with Gasteiger partial charge in [0.25, 0.3) is 0 Å². The molecule has 0 fully saturated rings. The Balaban J connectivity index is 2.99. The Hall–Kier alpha value is -0.970. The van der Waals surface area contributed by atoms with Crippen LogP contribution in [0.25, 0.3) is 0 Å². The van der Waals surface area contributed by atoms with E-state index in [2.05, 4.69) is 54.3 Å². The number of hydrogen-bond acceptors (Lipinski definition) is 5. The van der Waals surface area contributed by atoms with E-state index in [1.54, 1.807) is 6.33 Å². The lowest BCUT2D eigenvalue weighted by atomic mass is 10.1. The first-order valence-electron chi connectivity index (χ1n) is 7.45. The number of rotatable bonds is 9. The monoisotopic (exact) mass is 296 g/mol. The minimum absolute atomic E-state index is 0.488. The maximum absolute atomic E-state index is 4.54. The molecule has 114 valence electrons. The summed E-state index contributed by atoms with van der Waals surface area (Å²) in [7, 11) is 2.14. The number of thioether (sulfide) groups is 1. The van der Waals surface area contributed by atoms with Crippen molar-refractivity contribution in [2.24, 2.45) is 0 Å². The molecule has 4 nitrogen and oxygen atoms in total. The molecule has 1 rings (SSSR count). The summed E-state index contributed by atoms with van der Waals surface area (Å²) >= 11 is 1.90. The van der Waals surface area contributed by atoms with E-state index >= 15 is 0 Å². The molecule has 0 aromatic carbocycles. The Bertz CT molecular complexity index is 397. The fourth-order valence-corrected chi connectivity index (χ4v) is 2.77. The number of anilines is 2. The van der Waals surface area contributed by atoms with Crippen molar-refractivity contribution in [2.75, 3.05) is 35.8 Å². The molecule has 1 N–H and O–H groups in total. The first-order valence-corrected chi connectivity index (χ1v) is 8.84. The Morgan fingerprint density at radius 2 is 2.10 bits per heavy atom. The fourth-order valence-electron chi connectivity index (χ4n) is 2.20. The maximum Gasteiger partial charge on any atom is 0.137 e.